The minimum Gasteiger partial charge on any atom is -0.310 e. The van der Waals surface area contributed by atoms with Crippen molar-refractivity contribution in [3.8, 4) is 45.4 Å². The summed E-state index contributed by atoms with van der Waals surface area (Å²) in [6.45, 7) is 0. The molecular formula is C50H33N5. The Morgan fingerprint density at radius 3 is 1.42 bits per heavy atom. The zero-order valence-corrected chi connectivity index (χ0v) is 29.8. The number of nitrogens with zero attached hydrogens (tertiary/aromatic N) is 5. The molecule has 8 aromatic carbocycles. The molecule has 10 rings (SSSR count). The second kappa shape index (κ2) is 13.8. The molecule has 0 bridgehead atoms. The number of pyridine rings is 1. The van der Waals surface area contributed by atoms with E-state index in [4.69, 9.17) is 19.9 Å². The predicted octanol–water partition coefficient (Wildman–Crippen LogP) is 12.9. The third-order valence-corrected chi connectivity index (χ3v) is 10.1. The van der Waals surface area contributed by atoms with Gasteiger partial charge in [0.25, 0.3) is 0 Å². The highest BCUT2D eigenvalue weighted by Gasteiger charge is 2.20. The van der Waals surface area contributed by atoms with Gasteiger partial charge in [0.1, 0.15) is 0 Å². The van der Waals surface area contributed by atoms with Crippen molar-refractivity contribution in [1.29, 1.82) is 0 Å². The molecule has 0 N–H and O–H groups in total. The number of para-hydroxylation sites is 3. The first-order chi connectivity index (χ1) is 27.3. The van der Waals surface area contributed by atoms with Gasteiger partial charge in [-0.1, -0.05) is 158 Å². The number of aromatic nitrogens is 4. The minimum absolute atomic E-state index is 0.574. The normalized spacial score (nSPS) is 11.3. The van der Waals surface area contributed by atoms with E-state index in [9.17, 15) is 0 Å². The smallest absolute Gasteiger partial charge is 0.166 e. The van der Waals surface area contributed by atoms with Crippen molar-refractivity contribution in [2.75, 3.05) is 4.90 Å². The lowest BCUT2D eigenvalue weighted by atomic mass is 9.93. The topological polar surface area (TPSA) is 54.8 Å². The van der Waals surface area contributed by atoms with Crippen LogP contribution in [0.1, 0.15) is 0 Å². The van der Waals surface area contributed by atoms with Crippen LogP contribution in [0.25, 0.3) is 77.9 Å². The van der Waals surface area contributed by atoms with Gasteiger partial charge in [0, 0.05) is 55.5 Å². The second-order valence-corrected chi connectivity index (χ2v) is 13.5. The Morgan fingerprint density at radius 1 is 0.327 bits per heavy atom. The van der Waals surface area contributed by atoms with Crippen LogP contribution in [0.3, 0.4) is 0 Å². The lowest BCUT2D eigenvalue weighted by molar-refractivity contribution is 1.07. The Bertz CT molecular complexity index is 2860. The van der Waals surface area contributed by atoms with Gasteiger partial charge in [0.2, 0.25) is 0 Å². The molecule has 0 spiro atoms. The zero-order valence-electron chi connectivity index (χ0n) is 29.8. The van der Waals surface area contributed by atoms with Crippen LogP contribution < -0.4 is 4.90 Å². The fraction of sp³-hybridized carbons (Fsp3) is 0. The fourth-order valence-electron chi connectivity index (χ4n) is 7.50. The molecule has 0 unspecified atom stereocenters. The van der Waals surface area contributed by atoms with Gasteiger partial charge in [-0.05, 0) is 53.2 Å². The third kappa shape index (κ3) is 5.94. The standard InChI is InChI=1S/C50H33N5/c1-6-17-35(18-7-1)46-42-32-30-34-29-31-40(55(38-23-12-4-13-24-38)39-25-14-5-15-26-39)33-44(34)45(42)41-27-16-28-43(47(41)51-46)50-53-48(36-19-8-2-9-20-36)52-49(54-50)37-21-10-3-11-22-37/h1-33H. The van der Waals surface area contributed by atoms with E-state index in [0.717, 1.165) is 77.5 Å². The number of rotatable bonds is 7. The number of hydrogen-bond donors (Lipinski definition) is 0. The second-order valence-electron chi connectivity index (χ2n) is 13.5. The average Bonchev–Trinajstić information content (AvgIpc) is 3.27. The van der Waals surface area contributed by atoms with E-state index >= 15 is 0 Å². The monoisotopic (exact) mass is 703 g/mol. The number of hydrogen-bond acceptors (Lipinski definition) is 5. The van der Waals surface area contributed by atoms with Crippen molar-refractivity contribution in [2.45, 2.75) is 0 Å². The first-order valence-corrected chi connectivity index (χ1v) is 18.4. The van der Waals surface area contributed by atoms with E-state index in [0.29, 0.717) is 17.5 Å². The van der Waals surface area contributed by atoms with Gasteiger partial charge in [-0.3, -0.25) is 0 Å². The molecule has 5 nitrogen and oxygen atoms in total. The summed E-state index contributed by atoms with van der Waals surface area (Å²) in [5.41, 5.74) is 8.72. The third-order valence-electron chi connectivity index (χ3n) is 10.1. The lowest BCUT2D eigenvalue weighted by Crippen LogP contribution is -2.09. The molecule has 55 heavy (non-hydrogen) atoms. The highest BCUT2D eigenvalue weighted by molar-refractivity contribution is 6.24. The van der Waals surface area contributed by atoms with Gasteiger partial charge in [-0.15, -0.1) is 0 Å². The number of fused-ring (bicyclic) bond motifs is 5. The largest absolute Gasteiger partial charge is 0.310 e. The van der Waals surface area contributed by atoms with Gasteiger partial charge in [0.05, 0.1) is 11.2 Å². The highest BCUT2D eigenvalue weighted by Crippen LogP contribution is 2.42. The summed E-state index contributed by atoms with van der Waals surface area (Å²) in [4.78, 5) is 23.0. The maximum absolute atomic E-state index is 5.50. The van der Waals surface area contributed by atoms with Gasteiger partial charge in [0.15, 0.2) is 17.5 Å². The Kier molecular flexibility index (Phi) is 8.08. The van der Waals surface area contributed by atoms with E-state index in [-0.39, 0.29) is 0 Å². The zero-order chi connectivity index (χ0) is 36.6. The van der Waals surface area contributed by atoms with Crippen LogP contribution in [0.15, 0.2) is 200 Å². The van der Waals surface area contributed by atoms with Crippen molar-refractivity contribution in [1.82, 2.24) is 19.9 Å². The van der Waals surface area contributed by atoms with E-state index in [1.54, 1.807) is 0 Å². The molecular weight excluding hydrogens is 671 g/mol. The molecule has 0 amide bonds. The molecule has 0 aliphatic heterocycles. The van der Waals surface area contributed by atoms with Crippen LogP contribution in [0.5, 0.6) is 0 Å². The Balaban J connectivity index is 1.28. The molecule has 258 valence electrons. The number of anilines is 3. The molecule has 0 radical (unpaired) electrons. The van der Waals surface area contributed by atoms with Crippen LogP contribution in [0.2, 0.25) is 0 Å². The van der Waals surface area contributed by atoms with Crippen molar-refractivity contribution in [2.24, 2.45) is 0 Å². The summed E-state index contributed by atoms with van der Waals surface area (Å²) in [5, 5.41) is 5.53. The maximum atomic E-state index is 5.50. The lowest BCUT2D eigenvalue weighted by Gasteiger charge is -2.26. The SMILES string of the molecule is c1ccc(-c2nc(-c3ccccc3)nc(-c3cccc4c3nc(-c3ccccc3)c3ccc5ccc(N(c6ccccc6)c6ccccc6)cc5c34)n2)cc1. The predicted molar refractivity (Wildman–Crippen MR) is 227 cm³/mol. The first kappa shape index (κ1) is 32.2. The molecule has 0 saturated heterocycles. The van der Waals surface area contributed by atoms with Crippen LogP contribution in [0.4, 0.5) is 17.1 Å². The molecule has 2 heterocycles. The van der Waals surface area contributed by atoms with Gasteiger partial charge in [-0.2, -0.15) is 0 Å². The molecule has 0 aliphatic carbocycles. The summed E-state index contributed by atoms with van der Waals surface area (Å²) >= 11 is 0. The number of benzene rings is 8. The van der Waals surface area contributed by atoms with Crippen molar-refractivity contribution < 1.29 is 0 Å². The van der Waals surface area contributed by atoms with Crippen molar-refractivity contribution >= 4 is 49.5 Å². The van der Waals surface area contributed by atoms with E-state index < -0.39 is 0 Å². The van der Waals surface area contributed by atoms with Gasteiger partial charge < -0.3 is 4.90 Å². The summed E-state index contributed by atoms with van der Waals surface area (Å²) in [5.74, 6) is 1.80. The van der Waals surface area contributed by atoms with E-state index in [2.05, 4.69) is 138 Å². The van der Waals surface area contributed by atoms with Gasteiger partial charge in [-0.25, -0.2) is 19.9 Å². The Morgan fingerprint density at radius 2 is 0.836 bits per heavy atom. The summed E-state index contributed by atoms with van der Waals surface area (Å²) in [6.07, 6.45) is 0. The van der Waals surface area contributed by atoms with Gasteiger partial charge >= 0.3 is 0 Å². The molecule has 2 aromatic heterocycles. The average molecular weight is 704 g/mol. The highest BCUT2D eigenvalue weighted by atomic mass is 15.1. The summed E-state index contributed by atoms with van der Waals surface area (Å²) < 4.78 is 0. The fourth-order valence-corrected chi connectivity index (χ4v) is 7.50. The summed E-state index contributed by atoms with van der Waals surface area (Å²) in [7, 11) is 0. The van der Waals surface area contributed by atoms with E-state index in [1.807, 2.05) is 66.7 Å². The molecule has 10 aromatic rings. The Hall–Kier alpha value is -7.50. The molecule has 0 aliphatic rings. The van der Waals surface area contributed by atoms with E-state index in [1.165, 1.54) is 0 Å². The molecule has 0 atom stereocenters. The maximum Gasteiger partial charge on any atom is 0.166 e. The van der Waals surface area contributed by atoms with Crippen molar-refractivity contribution in [3.63, 3.8) is 0 Å². The van der Waals surface area contributed by atoms with Crippen LogP contribution in [-0.2, 0) is 0 Å². The van der Waals surface area contributed by atoms with Crippen LogP contribution >= 0.6 is 0 Å². The Labute approximate surface area is 318 Å². The molecule has 0 saturated carbocycles. The summed E-state index contributed by atoms with van der Waals surface area (Å²) in [6, 6.07) is 69.2. The quantitative estimate of drug-likeness (QED) is 0.155. The van der Waals surface area contributed by atoms with Crippen LogP contribution in [-0.4, -0.2) is 19.9 Å². The van der Waals surface area contributed by atoms with Crippen molar-refractivity contribution in [3.05, 3.63) is 200 Å². The minimum atomic E-state index is 0.574. The van der Waals surface area contributed by atoms with Crippen LogP contribution in [0, 0.1) is 0 Å². The molecule has 5 heteroatoms. The molecule has 0 fully saturated rings. The first-order valence-electron chi connectivity index (χ1n) is 18.4.